The van der Waals surface area contributed by atoms with E-state index in [1.54, 1.807) is 7.11 Å². The summed E-state index contributed by atoms with van der Waals surface area (Å²) in [5, 5.41) is 5.28. The molecule has 0 spiro atoms. The summed E-state index contributed by atoms with van der Waals surface area (Å²) in [4.78, 5) is 36.8. The number of amides is 4. The molecule has 0 aromatic heterocycles. The summed E-state index contributed by atoms with van der Waals surface area (Å²) in [5.74, 6) is -0.0656. The van der Waals surface area contributed by atoms with Crippen molar-refractivity contribution in [2.75, 3.05) is 13.7 Å². The van der Waals surface area contributed by atoms with E-state index in [9.17, 15) is 14.4 Å². The van der Waals surface area contributed by atoms with Crippen molar-refractivity contribution in [1.82, 2.24) is 15.5 Å². The molecule has 0 radical (unpaired) electrons. The number of methoxy groups -OCH3 is 1. The summed E-state index contributed by atoms with van der Waals surface area (Å²) in [6.45, 7) is 3.70. The third-order valence-electron chi connectivity index (χ3n) is 3.65. The molecular formula is C16H21N3O4. The van der Waals surface area contributed by atoms with Gasteiger partial charge in [-0.3, -0.25) is 14.5 Å². The van der Waals surface area contributed by atoms with E-state index in [2.05, 4.69) is 10.6 Å². The highest BCUT2D eigenvalue weighted by atomic mass is 16.5. The van der Waals surface area contributed by atoms with Crippen molar-refractivity contribution in [1.29, 1.82) is 0 Å². The number of rotatable bonds is 6. The maximum absolute atomic E-state index is 12.1. The van der Waals surface area contributed by atoms with Gasteiger partial charge in [-0.1, -0.05) is 26.0 Å². The van der Waals surface area contributed by atoms with Gasteiger partial charge in [0.25, 0.3) is 5.91 Å². The van der Waals surface area contributed by atoms with Gasteiger partial charge in [-0.15, -0.1) is 0 Å². The van der Waals surface area contributed by atoms with Crippen LogP contribution in [0.25, 0.3) is 0 Å². The Morgan fingerprint density at radius 1 is 1.39 bits per heavy atom. The normalized spacial score (nSPS) is 17.4. The standard InChI is InChI=1S/C16H21N3O4/c1-10(2)14-15(21)19(16(22)18-14)9-13(20)17-8-11-5-4-6-12(7-11)23-3/h4-7,10,14H,8-9H2,1-3H3,(H,17,20)(H,18,22). The number of hydrogen-bond acceptors (Lipinski definition) is 4. The summed E-state index contributed by atoms with van der Waals surface area (Å²) in [6.07, 6.45) is 0. The number of carbonyl (C=O) groups excluding carboxylic acids is 3. The van der Waals surface area contributed by atoms with Gasteiger partial charge in [0.05, 0.1) is 7.11 Å². The molecule has 23 heavy (non-hydrogen) atoms. The van der Waals surface area contributed by atoms with Crippen molar-refractivity contribution in [3.05, 3.63) is 29.8 Å². The lowest BCUT2D eigenvalue weighted by Crippen LogP contribution is -2.41. The van der Waals surface area contributed by atoms with Crippen LogP contribution in [-0.2, 0) is 16.1 Å². The number of ether oxygens (including phenoxy) is 1. The molecule has 1 saturated heterocycles. The van der Waals surface area contributed by atoms with Crippen molar-refractivity contribution in [3.63, 3.8) is 0 Å². The van der Waals surface area contributed by atoms with E-state index >= 15 is 0 Å². The van der Waals surface area contributed by atoms with Gasteiger partial charge in [0.1, 0.15) is 18.3 Å². The van der Waals surface area contributed by atoms with Gasteiger partial charge in [0, 0.05) is 6.54 Å². The predicted octanol–water partition coefficient (Wildman–Crippen LogP) is 0.888. The molecule has 1 unspecified atom stereocenters. The van der Waals surface area contributed by atoms with Gasteiger partial charge in [-0.25, -0.2) is 4.79 Å². The van der Waals surface area contributed by atoms with Gasteiger partial charge in [-0.2, -0.15) is 0 Å². The van der Waals surface area contributed by atoms with Gasteiger partial charge < -0.3 is 15.4 Å². The van der Waals surface area contributed by atoms with E-state index in [1.165, 1.54) is 0 Å². The van der Waals surface area contributed by atoms with Crippen LogP contribution in [0.2, 0.25) is 0 Å². The van der Waals surface area contributed by atoms with E-state index in [1.807, 2.05) is 38.1 Å². The fourth-order valence-electron chi connectivity index (χ4n) is 2.32. The zero-order valence-corrected chi connectivity index (χ0v) is 13.5. The molecule has 0 saturated carbocycles. The molecule has 7 heteroatoms. The molecule has 1 fully saturated rings. The lowest BCUT2D eigenvalue weighted by atomic mass is 10.1. The molecule has 7 nitrogen and oxygen atoms in total. The summed E-state index contributed by atoms with van der Waals surface area (Å²) in [5.41, 5.74) is 0.870. The third kappa shape index (κ3) is 4.00. The maximum Gasteiger partial charge on any atom is 0.325 e. The van der Waals surface area contributed by atoms with Crippen molar-refractivity contribution in [3.8, 4) is 5.75 Å². The average molecular weight is 319 g/mol. The highest BCUT2D eigenvalue weighted by molar-refractivity contribution is 6.06. The highest BCUT2D eigenvalue weighted by Gasteiger charge is 2.40. The van der Waals surface area contributed by atoms with Crippen LogP contribution in [0.1, 0.15) is 19.4 Å². The zero-order valence-electron chi connectivity index (χ0n) is 13.5. The number of benzene rings is 1. The Bertz CT molecular complexity index is 615. The Morgan fingerprint density at radius 3 is 2.74 bits per heavy atom. The van der Waals surface area contributed by atoms with E-state index in [0.717, 1.165) is 10.5 Å². The van der Waals surface area contributed by atoms with Crippen LogP contribution in [0, 0.1) is 5.92 Å². The zero-order chi connectivity index (χ0) is 17.0. The predicted molar refractivity (Wildman–Crippen MR) is 83.7 cm³/mol. The van der Waals surface area contributed by atoms with E-state index < -0.39 is 12.1 Å². The van der Waals surface area contributed by atoms with E-state index in [-0.39, 0.29) is 24.3 Å². The first kappa shape index (κ1) is 16.8. The molecule has 0 aliphatic carbocycles. The Hall–Kier alpha value is -2.57. The second kappa shape index (κ2) is 7.13. The van der Waals surface area contributed by atoms with Crippen molar-refractivity contribution >= 4 is 17.8 Å². The number of carbonyl (C=O) groups is 3. The number of nitrogens with one attached hydrogen (secondary N) is 2. The largest absolute Gasteiger partial charge is 0.497 e. The van der Waals surface area contributed by atoms with Crippen molar-refractivity contribution < 1.29 is 19.1 Å². The lowest BCUT2D eigenvalue weighted by molar-refractivity contribution is -0.132. The third-order valence-corrected chi connectivity index (χ3v) is 3.65. The van der Waals surface area contributed by atoms with Crippen LogP contribution in [-0.4, -0.2) is 42.4 Å². The molecule has 1 heterocycles. The van der Waals surface area contributed by atoms with Gasteiger partial charge in [-0.05, 0) is 23.6 Å². The molecule has 0 bridgehead atoms. The minimum absolute atomic E-state index is 0.0173. The van der Waals surface area contributed by atoms with Crippen LogP contribution in [0.4, 0.5) is 4.79 Å². The average Bonchev–Trinajstić information content (AvgIpc) is 2.81. The van der Waals surface area contributed by atoms with E-state index in [4.69, 9.17) is 4.74 Å². The van der Waals surface area contributed by atoms with Gasteiger partial charge in [0.15, 0.2) is 0 Å². The van der Waals surface area contributed by atoms with Crippen LogP contribution < -0.4 is 15.4 Å². The minimum atomic E-state index is -0.561. The number of imide groups is 1. The molecular weight excluding hydrogens is 298 g/mol. The van der Waals surface area contributed by atoms with Gasteiger partial charge in [0.2, 0.25) is 5.91 Å². The molecule has 1 atom stereocenters. The Labute approximate surface area is 135 Å². The summed E-state index contributed by atoms with van der Waals surface area (Å²) in [6, 6.07) is 6.21. The second-order valence-corrected chi connectivity index (χ2v) is 5.72. The molecule has 1 aliphatic rings. The van der Waals surface area contributed by atoms with Gasteiger partial charge >= 0.3 is 6.03 Å². The summed E-state index contributed by atoms with van der Waals surface area (Å²) in [7, 11) is 1.57. The molecule has 124 valence electrons. The highest BCUT2D eigenvalue weighted by Crippen LogP contribution is 2.14. The van der Waals surface area contributed by atoms with Crippen LogP contribution in [0.5, 0.6) is 5.75 Å². The fourth-order valence-corrected chi connectivity index (χ4v) is 2.32. The molecule has 1 aromatic carbocycles. The maximum atomic E-state index is 12.1. The van der Waals surface area contributed by atoms with E-state index in [0.29, 0.717) is 12.3 Å². The monoisotopic (exact) mass is 319 g/mol. The summed E-state index contributed by atoms with van der Waals surface area (Å²) >= 11 is 0. The first-order valence-corrected chi connectivity index (χ1v) is 7.44. The first-order chi connectivity index (χ1) is 10.9. The second-order valence-electron chi connectivity index (χ2n) is 5.72. The fraction of sp³-hybridized carbons (Fsp3) is 0.438. The lowest BCUT2D eigenvalue weighted by Gasteiger charge is -2.14. The number of nitrogens with zero attached hydrogens (tertiary/aromatic N) is 1. The number of hydrogen-bond donors (Lipinski definition) is 2. The molecule has 1 aliphatic heterocycles. The molecule has 1 aromatic rings. The molecule has 2 N–H and O–H groups in total. The Kier molecular flexibility index (Phi) is 5.20. The quantitative estimate of drug-likeness (QED) is 0.762. The Balaban J connectivity index is 1.89. The Morgan fingerprint density at radius 2 is 2.13 bits per heavy atom. The van der Waals surface area contributed by atoms with Crippen molar-refractivity contribution in [2.45, 2.75) is 26.4 Å². The molecule has 2 rings (SSSR count). The van der Waals surface area contributed by atoms with Crippen LogP contribution in [0.15, 0.2) is 24.3 Å². The minimum Gasteiger partial charge on any atom is -0.497 e. The topological polar surface area (TPSA) is 87.7 Å². The molecule has 4 amide bonds. The van der Waals surface area contributed by atoms with Crippen LogP contribution >= 0.6 is 0 Å². The van der Waals surface area contributed by atoms with Crippen LogP contribution in [0.3, 0.4) is 0 Å². The van der Waals surface area contributed by atoms with Crippen molar-refractivity contribution in [2.24, 2.45) is 5.92 Å². The summed E-state index contributed by atoms with van der Waals surface area (Å²) < 4.78 is 5.11. The first-order valence-electron chi connectivity index (χ1n) is 7.44. The SMILES string of the molecule is COc1cccc(CNC(=O)CN2C(=O)NC(C(C)C)C2=O)c1. The number of urea groups is 1. The smallest absolute Gasteiger partial charge is 0.325 e.